The Labute approximate surface area is 143 Å². The Balaban J connectivity index is 1.89. The lowest BCUT2D eigenvalue weighted by atomic mass is 10.1. The van der Waals surface area contributed by atoms with Gasteiger partial charge in [-0.15, -0.1) is 0 Å². The van der Waals surface area contributed by atoms with Gasteiger partial charge in [0.1, 0.15) is 17.3 Å². The van der Waals surface area contributed by atoms with Crippen molar-refractivity contribution in [1.82, 2.24) is 5.32 Å². The molecule has 128 valence electrons. The van der Waals surface area contributed by atoms with Crippen molar-refractivity contribution in [1.29, 1.82) is 0 Å². The number of halogens is 1. The average molecular weight is 349 g/mol. The minimum absolute atomic E-state index is 0.0798. The zero-order valence-electron chi connectivity index (χ0n) is 13.7. The third-order valence-electron chi connectivity index (χ3n) is 3.48. The molecule has 1 N–H and O–H groups in total. The lowest BCUT2D eigenvalue weighted by Gasteiger charge is -2.10. The van der Waals surface area contributed by atoms with Crippen LogP contribution in [-0.4, -0.2) is 23.0 Å². The molecule has 4 nitrogen and oxygen atoms in total. The topological polar surface area (TPSA) is 55.4 Å². The van der Waals surface area contributed by atoms with E-state index >= 15 is 0 Å². The monoisotopic (exact) mass is 349 g/mol. The van der Waals surface area contributed by atoms with Gasteiger partial charge in [0, 0.05) is 28.5 Å². The Morgan fingerprint density at radius 2 is 1.96 bits per heavy atom. The van der Waals surface area contributed by atoms with E-state index in [0.717, 1.165) is 11.1 Å². The lowest BCUT2D eigenvalue weighted by Crippen LogP contribution is -2.28. The third-order valence-corrected chi connectivity index (χ3v) is 4.70. The second kappa shape index (κ2) is 8.59. The number of carbonyl (C=O) groups is 1. The summed E-state index contributed by atoms with van der Waals surface area (Å²) in [4.78, 5) is 11.9. The standard InChI is InChI=1S/C18H20FNO3S/c1-13-7-8-17(23-2)15(9-13)11-24(22)12-18(21)20-10-14-5-3-4-6-16(14)19/h3-9H,10-12H2,1-2H3,(H,20,21). The zero-order chi connectivity index (χ0) is 17.5. The predicted octanol–water partition coefficient (Wildman–Crippen LogP) is 2.71. The van der Waals surface area contributed by atoms with Gasteiger partial charge in [0.25, 0.3) is 0 Å². The highest BCUT2D eigenvalue weighted by molar-refractivity contribution is 7.84. The molecule has 0 bridgehead atoms. The molecule has 0 aromatic heterocycles. The van der Waals surface area contributed by atoms with Crippen molar-refractivity contribution in [2.24, 2.45) is 0 Å². The molecule has 1 unspecified atom stereocenters. The molecule has 24 heavy (non-hydrogen) atoms. The van der Waals surface area contributed by atoms with Gasteiger partial charge in [-0.1, -0.05) is 35.9 Å². The van der Waals surface area contributed by atoms with E-state index in [1.165, 1.54) is 6.07 Å². The van der Waals surface area contributed by atoms with E-state index in [-0.39, 0.29) is 29.8 Å². The van der Waals surface area contributed by atoms with E-state index in [1.807, 2.05) is 25.1 Å². The quantitative estimate of drug-likeness (QED) is 0.836. The molecule has 1 amide bonds. The molecule has 0 spiro atoms. The Kier molecular flexibility index (Phi) is 6.49. The number of rotatable bonds is 7. The van der Waals surface area contributed by atoms with Crippen molar-refractivity contribution in [3.63, 3.8) is 0 Å². The Bertz CT molecular complexity index is 749. The van der Waals surface area contributed by atoms with Crippen molar-refractivity contribution < 1.29 is 18.1 Å². The Morgan fingerprint density at radius 1 is 1.21 bits per heavy atom. The average Bonchev–Trinajstić information content (AvgIpc) is 2.54. The highest BCUT2D eigenvalue weighted by atomic mass is 32.2. The van der Waals surface area contributed by atoms with Crippen LogP contribution in [0.5, 0.6) is 5.75 Å². The van der Waals surface area contributed by atoms with Crippen LogP contribution in [0.1, 0.15) is 16.7 Å². The van der Waals surface area contributed by atoms with Crippen LogP contribution in [0.4, 0.5) is 4.39 Å². The maximum absolute atomic E-state index is 13.5. The van der Waals surface area contributed by atoms with Crippen LogP contribution in [0.15, 0.2) is 42.5 Å². The summed E-state index contributed by atoms with van der Waals surface area (Å²) in [6, 6.07) is 11.9. The molecular weight excluding hydrogens is 329 g/mol. The van der Waals surface area contributed by atoms with E-state index in [4.69, 9.17) is 4.74 Å². The minimum atomic E-state index is -1.37. The van der Waals surface area contributed by atoms with Gasteiger partial charge in [-0.05, 0) is 19.1 Å². The predicted molar refractivity (Wildman–Crippen MR) is 92.7 cm³/mol. The van der Waals surface area contributed by atoms with Gasteiger partial charge in [0.2, 0.25) is 5.91 Å². The maximum Gasteiger partial charge on any atom is 0.232 e. The molecule has 0 aliphatic rings. The van der Waals surface area contributed by atoms with Crippen LogP contribution < -0.4 is 10.1 Å². The molecule has 0 saturated carbocycles. The molecule has 0 radical (unpaired) electrons. The van der Waals surface area contributed by atoms with Crippen molar-refractivity contribution in [2.45, 2.75) is 19.2 Å². The number of carbonyl (C=O) groups excluding carboxylic acids is 1. The van der Waals surface area contributed by atoms with Crippen LogP contribution >= 0.6 is 0 Å². The van der Waals surface area contributed by atoms with Crippen LogP contribution in [-0.2, 0) is 27.9 Å². The molecule has 1 atom stereocenters. The summed E-state index contributed by atoms with van der Waals surface area (Å²) in [6.45, 7) is 2.02. The number of hydrogen-bond donors (Lipinski definition) is 1. The van der Waals surface area contributed by atoms with E-state index < -0.39 is 10.8 Å². The highest BCUT2D eigenvalue weighted by Crippen LogP contribution is 2.21. The molecule has 2 aromatic rings. The SMILES string of the molecule is COc1ccc(C)cc1CS(=O)CC(=O)NCc1ccccc1F. The molecule has 6 heteroatoms. The number of ether oxygens (including phenoxy) is 1. The van der Waals surface area contributed by atoms with Crippen LogP contribution in [0.25, 0.3) is 0 Å². The van der Waals surface area contributed by atoms with Gasteiger partial charge in [-0.3, -0.25) is 9.00 Å². The number of hydrogen-bond acceptors (Lipinski definition) is 3. The molecule has 0 saturated heterocycles. The van der Waals surface area contributed by atoms with Crippen molar-refractivity contribution in [3.05, 3.63) is 65.0 Å². The summed E-state index contributed by atoms with van der Waals surface area (Å²) in [5, 5.41) is 2.59. The first-order valence-electron chi connectivity index (χ1n) is 7.48. The van der Waals surface area contributed by atoms with Gasteiger partial charge in [-0.25, -0.2) is 4.39 Å². The van der Waals surface area contributed by atoms with E-state index in [2.05, 4.69) is 5.32 Å². The smallest absolute Gasteiger partial charge is 0.232 e. The second-order valence-electron chi connectivity index (χ2n) is 5.41. The summed E-state index contributed by atoms with van der Waals surface area (Å²) in [5.74, 6) is 0.0103. The third kappa shape index (κ3) is 5.16. The number of methoxy groups -OCH3 is 1. The molecule has 0 aliphatic carbocycles. The highest BCUT2D eigenvalue weighted by Gasteiger charge is 2.12. The van der Waals surface area contributed by atoms with Gasteiger partial charge < -0.3 is 10.1 Å². The van der Waals surface area contributed by atoms with Crippen LogP contribution in [0.2, 0.25) is 0 Å². The van der Waals surface area contributed by atoms with Crippen molar-refractivity contribution >= 4 is 16.7 Å². The number of amides is 1. The summed E-state index contributed by atoms with van der Waals surface area (Å²) in [5.41, 5.74) is 2.24. The van der Waals surface area contributed by atoms with E-state index in [1.54, 1.807) is 25.3 Å². The van der Waals surface area contributed by atoms with Crippen LogP contribution in [0.3, 0.4) is 0 Å². The molecule has 0 heterocycles. The summed E-state index contributed by atoms with van der Waals surface area (Å²) in [6.07, 6.45) is 0. The largest absolute Gasteiger partial charge is 0.496 e. The molecule has 0 fully saturated rings. The zero-order valence-corrected chi connectivity index (χ0v) is 14.5. The minimum Gasteiger partial charge on any atom is -0.496 e. The summed E-state index contributed by atoms with van der Waals surface area (Å²) >= 11 is 0. The number of aryl methyl sites for hydroxylation is 1. The molecule has 0 aliphatic heterocycles. The summed E-state index contributed by atoms with van der Waals surface area (Å²) in [7, 11) is 0.184. The normalized spacial score (nSPS) is 11.8. The van der Waals surface area contributed by atoms with Gasteiger partial charge in [-0.2, -0.15) is 0 Å². The number of nitrogens with one attached hydrogen (secondary N) is 1. The van der Waals surface area contributed by atoms with Gasteiger partial charge >= 0.3 is 0 Å². The fourth-order valence-electron chi connectivity index (χ4n) is 2.28. The molecule has 2 aromatic carbocycles. The Morgan fingerprint density at radius 3 is 2.67 bits per heavy atom. The van der Waals surface area contributed by atoms with Crippen molar-refractivity contribution in [3.8, 4) is 5.75 Å². The maximum atomic E-state index is 13.5. The first kappa shape index (κ1) is 18.1. The fraction of sp³-hybridized carbons (Fsp3) is 0.278. The Hall–Kier alpha value is -2.21. The first-order chi connectivity index (χ1) is 11.5. The second-order valence-corrected chi connectivity index (χ2v) is 6.87. The summed E-state index contributed by atoms with van der Waals surface area (Å²) < 4.78 is 30.9. The number of benzene rings is 2. The molecule has 2 rings (SSSR count). The first-order valence-corrected chi connectivity index (χ1v) is 8.97. The van der Waals surface area contributed by atoms with Gasteiger partial charge in [0.15, 0.2) is 0 Å². The van der Waals surface area contributed by atoms with E-state index in [9.17, 15) is 13.4 Å². The lowest BCUT2D eigenvalue weighted by molar-refractivity contribution is -0.118. The van der Waals surface area contributed by atoms with Crippen molar-refractivity contribution in [2.75, 3.05) is 12.9 Å². The van der Waals surface area contributed by atoms with Crippen LogP contribution in [0, 0.1) is 12.7 Å². The van der Waals surface area contributed by atoms with E-state index in [0.29, 0.717) is 11.3 Å². The van der Waals surface area contributed by atoms with Gasteiger partial charge in [0.05, 0.1) is 12.9 Å². The molecular formula is C18H20FNO3S. The fourth-order valence-corrected chi connectivity index (χ4v) is 3.35.